The van der Waals surface area contributed by atoms with Gasteiger partial charge in [-0.15, -0.1) is 0 Å². The smallest absolute Gasteiger partial charge is 0.413 e. The summed E-state index contributed by atoms with van der Waals surface area (Å²) in [4.78, 5) is 16.3. The highest BCUT2D eigenvalue weighted by molar-refractivity contribution is 5.86. The first-order valence-electron chi connectivity index (χ1n) is 8.26. The van der Waals surface area contributed by atoms with Gasteiger partial charge in [-0.25, -0.2) is 4.79 Å². The van der Waals surface area contributed by atoms with Crippen LogP contribution in [0.2, 0.25) is 0 Å². The van der Waals surface area contributed by atoms with E-state index in [1.807, 2.05) is 0 Å². The van der Waals surface area contributed by atoms with Crippen LogP contribution in [0.4, 0.5) is 18.0 Å². The molecule has 0 fully saturated rings. The highest BCUT2D eigenvalue weighted by Crippen LogP contribution is 2.44. The van der Waals surface area contributed by atoms with Gasteiger partial charge in [-0.05, 0) is 34.9 Å². The highest BCUT2D eigenvalue weighted by Gasteiger charge is 2.49. The van der Waals surface area contributed by atoms with Gasteiger partial charge in [0.2, 0.25) is 0 Å². The fraction of sp³-hybridized carbons (Fsp3) is 0.200. The molecule has 0 aliphatic heterocycles. The molecule has 0 saturated carbocycles. The van der Waals surface area contributed by atoms with Crippen LogP contribution in [-0.2, 0) is 0 Å². The zero-order chi connectivity index (χ0) is 19.6. The first-order chi connectivity index (χ1) is 12.8. The average molecular weight is 374 g/mol. The van der Waals surface area contributed by atoms with Gasteiger partial charge in [0, 0.05) is 12.4 Å². The molecule has 27 heavy (non-hydrogen) atoms. The zero-order valence-electron chi connectivity index (χ0n) is 14.4. The van der Waals surface area contributed by atoms with Crippen LogP contribution in [0.1, 0.15) is 30.1 Å². The Morgan fingerprint density at radius 1 is 1.07 bits per heavy atom. The Morgan fingerprint density at radius 2 is 1.78 bits per heavy atom. The Hall–Kier alpha value is -3.09. The molecule has 3 rings (SSSR count). The standard InChI is InChI=1S/C20H17F3N2O2/c1-13(15-8-5-11-24-12-15)25(19(26)27)18(20(21,22)23)17-10-4-7-14-6-2-3-9-16(14)17/h2-13,18H,1H3,(H,26,27)/t13-,18+/m0/s1. The molecule has 7 heteroatoms. The Bertz CT molecular complexity index is 939. The van der Waals surface area contributed by atoms with Crippen LogP contribution in [0.15, 0.2) is 67.0 Å². The predicted molar refractivity (Wildman–Crippen MR) is 95.3 cm³/mol. The molecule has 1 heterocycles. The molecule has 0 aliphatic carbocycles. The van der Waals surface area contributed by atoms with Gasteiger partial charge in [-0.1, -0.05) is 48.5 Å². The van der Waals surface area contributed by atoms with Gasteiger partial charge in [0.05, 0.1) is 6.04 Å². The summed E-state index contributed by atoms with van der Waals surface area (Å²) in [7, 11) is 0. The van der Waals surface area contributed by atoms with Crippen LogP contribution < -0.4 is 0 Å². The van der Waals surface area contributed by atoms with Crippen LogP contribution >= 0.6 is 0 Å². The fourth-order valence-corrected chi connectivity index (χ4v) is 3.26. The lowest BCUT2D eigenvalue weighted by molar-refractivity contribution is -0.185. The van der Waals surface area contributed by atoms with Crippen LogP contribution in [0, 0.1) is 0 Å². The van der Waals surface area contributed by atoms with Gasteiger partial charge in [0.15, 0.2) is 6.04 Å². The van der Waals surface area contributed by atoms with Crippen molar-refractivity contribution in [3.8, 4) is 0 Å². The molecule has 0 spiro atoms. The lowest BCUT2D eigenvalue weighted by Gasteiger charge is -2.36. The summed E-state index contributed by atoms with van der Waals surface area (Å²) < 4.78 is 42.3. The van der Waals surface area contributed by atoms with Gasteiger partial charge in [0.25, 0.3) is 0 Å². The summed E-state index contributed by atoms with van der Waals surface area (Å²) in [6.07, 6.45) is -3.59. The molecule has 0 unspecified atom stereocenters. The minimum Gasteiger partial charge on any atom is -0.465 e. The van der Waals surface area contributed by atoms with Crippen molar-refractivity contribution in [1.82, 2.24) is 9.88 Å². The summed E-state index contributed by atoms with van der Waals surface area (Å²) in [5.41, 5.74) is 0.285. The molecule has 0 bridgehead atoms. The van der Waals surface area contributed by atoms with Gasteiger partial charge in [0.1, 0.15) is 0 Å². The van der Waals surface area contributed by atoms with E-state index in [2.05, 4.69) is 4.98 Å². The summed E-state index contributed by atoms with van der Waals surface area (Å²) in [5.74, 6) is 0. The molecule has 2 atom stereocenters. The van der Waals surface area contributed by atoms with Crippen molar-refractivity contribution in [2.45, 2.75) is 25.2 Å². The number of carboxylic acid groups (broad SMARTS) is 1. The Labute approximate surface area is 153 Å². The van der Waals surface area contributed by atoms with E-state index < -0.39 is 24.4 Å². The predicted octanol–water partition coefficient (Wildman–Crippen LogP) is 5.58. The van der Waals surface area contributed by atoms with Crippen LogP contribution in [0.3, 0.4) is 0 Å². The SMILES string of the molecule is C[C@@H](c1cccnc1)N(C(=O)O)[C@H](c1cccc2ccccc12)C(F)(F)F. The molecule has 3 aromatic rings. The third-order valence-electron chi connectivity index (χ3n) is 4.51. The lowest BCUT2D eigenvalue weighted by Crippen LogP contribution is -2.43. The fourth-order valence-electron chi connectivity index (χ4n) is 3.26. The van der Waals surface area contributed by atoms with Crippen molar-refractivity contribution in [3.05, 3.63) is 78.1 Å². The number of carbonyl (C=O) groups is 1. The van der Waals surface area contributed by atoms with E-state index in [1.54, 1.807) is 42.5 Å². The highest BCUT2D eigenvalue weighted by atomic mass is 19.4. The molecule has 1 N–H and O–H groups in total. The average Bonchev–Trinajstić information content (AvgIpc) is 2.64. The summed E-state index contributed by atoms with van der Waals surface area (Å²) in [6.45, 7) is 1.43. The molecule has 1 amide bonds. The normalized spacial score (nSPS) is 13.9. The Morgan fingerprint density at radius 3 is 2.41 bits per heavy atom. The molecule has 0 aliphatic rings. The first kappa shape index (κ1) is 18.7. The molecule has 4 nitrogen and oxygen atoms in total. The van der Waals surface area contributed by atoms with E-state index in [0.717, 1.165) is 0 Å². The third-order valence-corrected chi connectivity index (χ3v) is 4.51. The van der Waals surface area contributed by atoms with Crippen LogP contribution in [0.5, 0.6) is 0 Å². The summed E-state index contributed by atoms with van der Waals surface area (Å²) >= 11 is 0. The number of hydrogen-bond donors (Lipinski definition) is 1. The minimum absolute atomic E-state index is 0.0984. The Kier molecular flexibility index (Phi) is 5.03. The molecule has 1 aromatic heterocycles. The number of nitrogens with zero attached hydrogens (tertiary/aromatic N) is 2. The lowest BCUT2D eigenvalue weighted by atomic mass is 9.95. The number of halogens is 3. The van der Waals surface area contributed by atoms with E-state index in [9.17, 15) is 23.1 Å². The molecular weight excluding hydrogens is 357 g/mol. The quantitative estimate of drug-likeness (QED) is 0.649. The van der Waals surface area contributed by atoms with Crippen molar-refractivity contribution in [2.24, 2.45) is 0 Å². The minimum atomic E-state index is -4.79. The van der Waals surface area contributed by atoms with Crippen molar-refractivity contribution < 1.29 is 23.1 Å². The van der Waals surface area contributed by atoms with E-state index in [-0.39, 0.29) is 5.56 Å². The number of aromatic nitrogens is 1. The number of alkyl halides is 3. The maximum absolute atomic E-state index is 14.1. The largest absolute Gasteiger partial charge is 0.465 e. The van der Waals surface area contributed by atoms with E-state index in [1.165, 1.54) is 31.5 Å². The van der Waals surface area contributed by atoms with Crippen molar-refractivity contribution in [1.29, 1.82) is 0 Å². The van der Waals surface area contributed by atoms with E-state index in [0.29, 0.717) is 21.2 Å². The van der Waals surface area contributed by atoms with E-state index >= 15 is 0 Å². The topological polar surface area (TPSA) is 53.4 Å². The van der Waals surface area contributed by atoms with Gasteiger partial charge in [-0.2, -0.15) is 13.2 Å². The molecule has 0 radical (unpaired) electrons. The van der Waals surface area contributed by atoms with Crippen molar-refractivity contribution in [3.63, 3.8) is 0 Å². The second kappa shape index (κ2) is 7.26. The Balaban J connectivity index is 2.19. The molecule has 140 valence electrons. The monoisotopic (exact) mass is 374 g/mol. The number of pyridine rings is 1. The van der Waals surface area contributed by atoms with Gasteiger partial charge >= 0.3 is 12.3 Å². The van der Waals surface area contributed by atoms with Gasteiger partial charge in [-0.3, -0.25) is 9.88 Å². The number of benzene rings is 2. The van der Waals surface area contributed by atoms with Crippen LogP contribution in [0.25, 0.3) is 10.8 Å². The zero-order valence-corrected chi connectivity index (χ0v) is 14.4. The van der Waals surface area contributed by atoms with Crippen molar-refractivity contribution in [2.75, 3.05) is 0 Å². The van der Waals surface area contributed by atoms with Crippen LogP contribution in [-0.4, -0.2) is 27.3 Å². The second-order valence-electron chi connectivity index (χ2n) is 6.16. The third kappa shape index (κ3) is 3.72. The maximum Gasteiger partial charge on any atom is 0.413 e. The van der Waals surface area contributed by atoms with Gasteiger partial charge < -0.3 is 5.11 Å². The summed E-state index contributed by atoms with van der Waals surface area (Å²) in [5, 5.41) is 10.7. The molecule has 0 saturated heterocycles. The number of amides is 1. The number of rotatable bonds is 4. The van der Waals surface area contributed by atoms with E-state index in [4.69, 9.17) is 0 Å². The maximum atomic E-state index is 14.1. The summed E-state index contributed by atoms with van der Waals surface area (Å²) in [6, 6.07) is 10.9. The number of fused-ring (bicyclic) bond motifs is 1. The number of hydrogen-bond acceptors (Lipinski definition) is 2. The molecular formula is C20H17F3N2O2. The molecule has 2 aromatic carbocycles. The first-order valence-corrected chi connectivity index (χ1v) is 8.26. The second-order valence-corrected chi connectivity index (χ2v) is 6.16. The van der Waals surface area contributed by atoms with Crippen molar-refractivity contribution >= 4 is 16.9 Å².